The Morgan fingerprint density at radius 3 is 1.16 bits per heavy atom. The number of benzene rings is 12. The third kappa shape index (κ3) is 4.47. The molecule has 15 aromatic rings. The fourth-order valence-electron chi connectivity index (χ4n) is 11.1. The van der Waals surface area contributed by atoms with Crippen molar-refractivity contribution in [3.63, 3.8) is 0 Å². The molecule has 63 heavy (non-hydrogen) atoms. The summed E-state index contributed by atoms with van der Waals surface area (Å²) in [4.78, 5) is 0. The minimum absolute atomic E-state index is 0.902. The van der Waals surface area contributed by atoms with E-state index in [2.05, 4.69) is 205 Å². The van der Waals surface area contributed by atoms with Gasteiger partial charge in [0, 0.05) is 49.1 Å². The summed E-state index contributed by atoms with van der Waals surface area (Å²) in [5.74, 6) is 0. The van der Waals surface area contributed by atoms with Crippen LogP contribution in [0, 0.1) is 0 Å². The minimum atomic E-state index is 0.902. The quantitative estimate of drug-likeness (QED) is 0.167. The largest absolute Gasteiger partial charge is 0.455 e. The highest BCUT2D eigenvalue weighted by molar-refractivity contribution is 6.32. The second-order valence-corrected chi connectivity index (χ2v) is 17.1. The van der Waals surface area contributed by atoms with Crippen LogP contribution in [0.1, 0.15) is 0 Å². The van der Waals surface area contributed by atoms with E-state index < -0.39 is 0 Å². The van der Waals surface area contributed by atoms with Gasteiger partial charge in [-0.3, -0.25) is 0 Å². The molecule has 0 atom stereocenters. The molecule has 0 fully saturated rings. The van der Waals surface area contributed by atoms with Crippen molar-refractivity contribution in [3.8, 4) is 27.9 Å². The Kier molecular flexibility index (Phi) is 6.41. The number of furan rings is 2. The molecule has 0 radical (unpaired) electrons. The predicted octanol–water partition coefficient (Wildman–Crippen LogP) is 17.1. The summed E-state index contributed by atoms with van der Waals surface area (Å²) in [6.45, 7) is 0. The molecule has 3 aromatic heterocycles. The minimum Gasteiger partial charge on any atom is -0.455 e. The third-order valence-electron chi connectivity index (χ3n) is 13.9. The normalized spacial score (nSPS) is 12.4. The van der Waals surface area contributed by atoms with Gasteiger partial charge >= 0.3 is 0 Å². The molecule has 0 bridgehead atoms. The molecule has 0 spiro atoms. The van der Waals surface area contributed by atoms with Crippen molar-refractivity contribution in [2.45, 2.75) is 0 Å². The van der Waals surface area contributed by atoms with E-state index in [1.165, 1.54) is 75.7 Å². The average Bonchev–Trinajstić information content (AvgIpc) is 4.02. The number of aromatic nitrogens is 1. The Balaban J connectivity index is 1.06. The number of para-hydroxylation sites is 1. The number of rotatable bonds is 3. The topological polar surface area (TPSA) is 31.2 Å². The Labute approximate surface area is 359 Å². The van der Waals surface area contributed by atoms with Gasteiger partial charge in [-0.2, -0.15) is 0 Å². The molecule has 0 saturated heterocycles. The van der Waals surface area contributed by atoms with Crippen molar-refractivity contribution < 1.29 is 8.83 Å². The van der Waals surface area contributed by atoms with Gasteiger partial charge in [0.2, 0.25) is 0 Å². The molecular formula is C60H33NO2. The van der Waals surface area contributed by atoms with Gasteiger partial charge in [-0.15, -0.1) is 0 Å². The van der Waals surface area contributed by atoms with Crippen molar-refractivity contribution >= 4 is 120 Å². The van der Waals surface area contributed by atoms with Crippen LogP contribution in [0.5, 0.6) is 0 Å². The summed E-state index contributed by atoms with van der Waals surface area (Å²) in [5, 5.41) is 19.0. The van der Waals surface area contributed by atoms with E-state index in [-0.39, 0.29) is 0 Å². The molecule has 3 heterocycles. The first-order chi connectivity index (χ1) is 31.2. The first-order valence-electron chi connectivity index (χ1n) is 21.7. The zero-order valence-electron chi connectivity index (χ0n) is 33.8. The smallest absolute Gasteiger partial charge is 0.143 e. The van der Waals surface area contributed by atoms with Gasteiger partial charge < -0.3 is 13.4 Å². The van der Waals surface area contributed by atoms with E-state index in [4.69, 9.17) is 8.83 Å². The van der Waals surface area contributed by atoms with E-state index in [1.54, 1.807) is 0 Å². The maximum atomic E-state index is 7.01. The molecule has 3 heteroatoms. The van der Waals surface area contributed by atoms with Crippen LogP contribution in [0.2, 0.25) is 0 Å². The van der Waals surface area contributed by atoms with E-state index in [0.717, 1.165) is 71.8 Å². The van der Waals surface area contributed by atoms with Gasteiger partial charge in [0.25, 0.3) is 0 Å². The fraction of sp³-hybridized carbons (Fsp3) is 0. The van der Waals surface area contributed by atoms with Crippen LogP contribution >= 0.6 is 0 Å². The Bertz CT molecular complexity index is 4170. The zero-order valence-corrected chi connectivity index (χ0v) is 33.8. The molecule has 0 N–H and O–H groups in total. The lowest BCUT2D eigenvalue weighted by atomic mass is 9.89. The summed E-state index contributed by atoms with van der Waals surface area (Å²) in [5.41, 5.74) is 11.6. The number of nitrogens with zero attached hydrogens (tertiary/aromatic N) is 1. The van der Waals surface area contributed by atoms with Crippen molar-refractivity contribution in [3.05, 3.63) is 200 Å². The number of hydrogen-bond donors (Lipinski definition) is 0. The molecule has 0 aliphatic carbocycles. The standard InChI is InChI=1S/C60H33NO2/c1-2-18-40(19-3-1)61-51-26-24-43(47-30-38-16-8-10-20-41(38)55-49-28-34-12-4-6-14-36(34)32-53(49)62-59(47)55)45-22-23-46-44(25-27-52(61)58(46)57(45)51)48-31-39-17-9-11-21-42(39)56-50-29-35-13-5-7-15-37(35)33-54(50)63-60(48)56/h1-33H. The lowest BCUT2D eigenvalue weighted by molar-refractivity contribution is 0.670. The molecule has 0 amide bonds. The lowest BCUT2D eigenvalue weighted by Gasteiger charge is -2.13. The molecule has 290 valence electrons. The zero-order chi connectivity index (χ0) is 40.9. The molecular weight excluding hydrogens is 767 g/mol. The van der Waals surface area contributed by atoms with Crippen LogP contribution in [0.4, 0.5) is 0 Å². The Morgan fingerprint density at radius 1 is 0.270 bits per heavy atom. The van der Waals surface area contributed by atoms with Gasteiger partial charge in [0.1, 0.15) is 22.3 Å². The van der Waals surface area contributed by atoms with Crippen LogP contribution in [-0.2, 0) is 0 Å². The molecule has 0 saturated carbocycles. The van der Waals surface area contributed by atoms with Gasteiger partial charge in [0.15, 0.2) is 0 Å². The highest BCUT2D eigenvalue weighted by Crippen LogP contribution is 2.50. The predicted molar refractivity (Wildman–Crippen MR) is 265 cm³/mol. The SMILES string of the molecule is c1ccc(-n2c3ccc(-c4cc5ccccc5c5c4oc4cc6ccccc6cc45)c4ccc5c(-c6cc7ccccc7c7c6oc6cc8ccccc8cc67)ccc2c5c43)cc1. The summed E-state index contributed by atoms with van der Waals surface area (Å²) in [7, 11) is 0. The summed E-state index contributed by atoms with van der Waals surface area (Å²) in [6, 6.07) is 73.0. The number of hydrogen-bond acceptors (Lipinski definition) is 2. The van der Waals surface area contributed by atoms with Gasteiger partial charge in [0.05, 0.1) is 11.0 Å². The second kappa shape index (κ2) is 12.1. The van der Waals surface area contributed by atoms with Crippen molar-refractivity contribution in [2.24, 2.45) is 0 Å². The van der Waals surface area contributed by atoms with E-state index in [1.807, 2.05) is 0 Å². The van der Waals surface area contributed by atoms with Gasteiger partial charge in [-0.1, -0.05) is 140 Å². The molecule has 12 aromatic carbocycles. The van der Waals surface area contributed by atoms with Crippen molar-refractivity contribution in [1.82, 2.24) is 4.57 Å². The first-order valence-corrected chi connectivity index (χ1v) is 21.7. The average molecular weight is 800 g/mol. The van der Waals surface area contributed by atoms with Crippen molar-refractivity contribution in [2.75, 3.05) is 0 Å². The third-order valence-corrected chi connectivity index (χ3v) is 13.9. The van der Waals surface area contributed by atoms with Crippen LogP contribution < -0.4 is 0 Å². The van der Waals surface area contributed by atoms with Crippen LogP contribution in [0.25, 0.3) is 147 Å². The van der Waals surface area contributed by atoms with E-state index in [9.17, 15) is 0 Å². The van der Waals surface area contributed by atoms with Crippen LogP contribution in [0.15, 0.2) is 209 Å². The molecule has 0 aliphatic heterocycles. The highest BCUT2D eigenvalue weighted by atomic mass is 16.3. The Morgan fingerprint density at radius 2 is 0.683 bits per heavy atom. The molecule has 15 rings (SSSR count). The van der Waals surface area contributed by atoms with Crippen molar-refractivity contribution in [1.29, 1.82) is 0 Å². The van der Waals surface area contributed by atoms with Gasteiger partial charge in [-0.25, -0.2) is 0 Å². The molecule has 0 unspecified atom stereocenters. The van der Waals surface area contributed by atoms with Crippen LogP contribution in [-0.4, -0.2) is 4.57 Å². The van der Waals surface area contributed by atoms with Crippen LogP contribution in [0.3, 0.4) is 0 Å². The lowest BCUT2D eigenvalue weighted by Crippen LogP contribution is -1.93. The van der Waals surface area contributed by atoms with Gasteiger partial charge in [-0.05, 0) is 126 Å². The maximum absolute atomic E-state index is 7.01. The fourth-order valence-corrected chi connectivity index (χ4v) is 11.1. The number of fused-ring (bicyclic) bond motifs is 12. The monoisotopic (exact) mass is 799 g/mol. The second-order valence-electron chi connectivity index (χ2n) is 17.1. The van der Waals surface area contributed by atoms with E-state index >= 15 is 0 Å². The highest BCUT2D eigenvalue weighted by Gasteiger charge is 2.25. The summed E-state index contributed by atoms with van der Waals surface area (Å²) >= 11 is 0. The maximum Gasteiger partial charge on any atom is 0.143 e. The molecule has 3 nitrogen and oxygen atoms in total. The Hall–Kier alpha value is -8.40. The summed E-state index contributed by atoms with van der Waals surface area (Å²) < 4.78 is 16.4. The molecule has 0 aliphatic rings. The van der Waals surface area contributed by atoms with E-state index in [0.29, 0.717) is 0 Å². The first kappa shape index (κ1) is 33.3. The summed E-state index contributed by atoms with van der Waals surface area (Å²) in [6.07, 6.45) is 0.